The van der Waals surface area contributed by atoms with Gasteiger partial charge in [-0.2, -0.15) is 0 Å². The summed E-state index contributed by atoms with van der Waals surface area (Å²) in [6, 6.07) is 12.6. The van der Waals surface area contributed by atoms with Gasteiger partial charge in [0.05, 0.1) is 13.7 Å². The van der Waals surface area contributed by atoms with Crippen molar-refractivity contribution in [3.8, 4) is 11.5 Å². The second-order valence-corrected chi connectivity index (χ2v) is 5.08. The lowest BCUT2D eigenvalue weighted by Gasteiger charge is -2.17. The molecule has 4 heteroatoms. The maximum absolute atomic E-state index is 13.9. The van der Waals surface area contributed by atoms with Gasteiger partial charge in [0.25, 0.3) is 0 Å². The molecule has 0 saturated heterocycles. The Labute approximate surface area is 130 Å². The second kappa shape index (κ2) is 7.80. The van der Waals surface area contributed by atoms with Crippen LogP contribution >= 0.6 is 0 Å². The van der Waals surface area contributed by atoms with Crippen LogP contribution < -0.4 is 15.2 Å². The predicted octanol–water partition coefficient (Wildman–Crippen LogP) is 3.52. The third-order valence-electron chi connectivity index (χ3n) is 3.64. The van der Waals surface area contributed by atoms with E-state index in [1.807, 2.05) is 31.2 Å². The normalized spacial score (nSPS) is 12.0. The zero-order valence-corrected chi connectivity index (χ0v) is 13.0. The van der Waals surface area contributed by atoms with Crippen molar-refractivity contribution in [1.82, 2.24) is 0 Å². The van der Waals surface area contributed by atoms with Crippen LogP contribution in [0.15, 0.2) is 42.5 Å². The Morgan fingerprint density at radius 2 is 1.91 bits per heavy atom. The van der Waals surface area contributed by atoms with Gasteiger partial charge in [-0.3, -0.25) is 0 Å². The lowest BCUT2D eigenvalue weighted by molar-refractivity contribution is 0.310. The first kappa shape index (κ1) is 16.3. The summed E-state index contributed by atoms with van der Waals surface area (Å²) in [7, 11) is 1.61. The van der Waals surface area contributed by atoms with Gasteiger partial charge >= 0.3 is 0 Å². The lowest BCUT2D eigenvalue weighted by Crippen LogP contribution is -2.16. The summed E-state index contributed by atoms with van der Waals surface area (Å²) in [5.41, 5.74) is 7.54. The minimum atomic E-state index is -0.212. The minimum Gasteiger partial charge on any atom is -0.493 e. The molecule has 0 aliphatic rings. The van der Waals surface area contributed by atoms with Gasteiger partial charge in [0, 0.05) is 5.92 Å². The van der Waals surface area contributed by atoms with Crippen molar-refractivity contribution in [3.05, 3.63) is 59.4 Å². The first-order valence-corrected chi connectivity index (χ1v) is 7.43. The van der Waals surface area contributed by atoms with Crippen LogP contribution in [0.2, 0.25) is 0 Å². The van der Waals surface area contributed by atoms with E-state index in [2.05, 4.69) is 0 Å². The zero-order valence-electron chi connectivity index (χ0n) is 13.0. The van der Waals surface area contributed by atoms with Crippen LogP contribution in [0.25, 0.3) is 0 Å². The molecule has 0 spiro atoms. The molecule has 2 N–H and O–H groups in total. The molecule has 1 atom stereocenters. The third kappa shape index (κ3) is 3.77. The molecule has 0 amide bonds. The number of hydrogen-bond acceptors (Lipinski definition) is 3. The molecule has 0 aliphatic carbocycles. The summed E-state index contributed by atoms with van der Waals surface area (Å²) in [6.45, 7) is 2.89. The summed E-state index contributed by atoms with van der Waals surface area (Å²) in [4.78, 5) is 0. The van der Waals surface area contributed by atoms with E-state index >= 15 is 0 Å². The van der Waals surface area contributed by atoms with Crippen molar-refractivity contribution in [3.63, 3.8) is 0 Å². The molecule has 0 radical (unpaired) electrons. The minimum absolute atomic E-state index is 0.0659. The van der Waals surface area contributed by atoms with Crippen LogP contribution in [-0.2, 0) is 6.42 Å². The largest absolute Gasteiger partial charge is 0.493 e. The first-order chi connectivity index (χ1) is 10.7. The lowest BCUT2D eigenvalue weighted by atomic mass is 9.91. The van der Waals surface area contributed by atoms with E-state index in [1.165, 1.54) is 6.07 Å². The van der Waals surface area contributed by atoms with E-state index in [4.69, 9.17) is 15.2 Å². The van der Waals surface area contributed by atoms with Gasteiger partial charge in [-0.1, -0.05) is 24.3 Å². The highest BCUT2D eigenvalue weighted by Gasteiger charge is 2.16. The monoisotopic (exact) mass is 303 g/mol. The highest BCUT2D eigenvalue weighted by molar-refractivity contribution is 5.43. The Morgan fingerprint density at radius 3 is 2.55 bits per heavy atom. The topological polar surface area (TPSA) is 44.5 Å². The molecule has 0 saturated carbocycles. The standard InChI is InChI=1S/C18H22FNO2/c1-3-22-17-9-8-13(11-18(17)21-2)10-14(12-20)15-6-4-5-7-16(15)19/h4-9,11,14H,3,10,12,20H2,1-2H3. The third-order valence-corrected chi connectivity index (χ3v) is 3.64. The Kier molecular flexibility index (Phi) is 5.78. The fourth-order valence-electron chi connectivity index (χ4n) is 2.52. The molecular weight excluding hydrogens is 281 g/mol. The number of ether oxygens (including phenoxy) is 2. The van der Waals surface area contributed by atoms with Gasteiger partial charge in [-0.25, -0.2) is 4.39 Å². The molecular formula is C18H22FNO2. The summed E-state index contributed by atoms with van der Waals surface area (Å²) in [5.74, 6) is 1.12. The number of hydrogen-bond donors (Lipinski definition) is 1. The van der Waals surface area contributed by atoms with E-state index < -0.39 is 0 Å². The Hall–Kier alpha value is -2.07. The molecule has 0 aromatic heterocycles. The van der Waals surface area contributed by atoms with Gasteiger partial charge in [0.15, 0.2) is 11.5 Å². The van der Waals surface area contributed by atoms with Gasteiger partial charge in [0.1, 0.15) is 5.82 Å². The summed E-state index contributed by atoms with van der Waals surface area (Å²) in [6.07, 6.45) is 0.653. The number of halogens is 1. The van der Waals surface area contributed by atoms with Crippen molar-refractivity contribution < 1.29 is 13.9 Å². The van der Waals surface area contributed by atoms with Crippen molar-refractivity contribution in [2.75, 3.05) is 20.3 Å². The molecule has 3 nitrogen and oxygen atoms in total. The highest BCUT2D eigenvalue weighted by Crippen LogP contribution is 2.30. The predicted molar refractivity (Wildman–Crippen MR) is 86.1 cm³/mol. The molecule has 0 bridgehead atoms. The molecule has 1 unspecified atom stereocenters. The molecule has 2 aromatic carbocycles. The van der Waals surface area contributed by atoms with Crippen LogP contribution in [-0.4, -0.2) is 20.3 Å². The Bertz CT molecular complexity index is 616. The number of methoxy groups -OCH3 is 1. The van der Waals surface area contributed by atoms with Crippen LogP contribution in [0.3, 0.4) is 0 Å². The van der Waals surface area contributed by atoms with Crippen LogP contribution in [0.1, 0.15) is 24.0 Å². The molecule has 0 aliphatic heterocycles. The first-order valence-electron chi connectivity index (χ1n) is 7.43. The smallest absolute Gasteiger partial charge is 0.161 e. The van der Waals surface area contributed by atoms with Crippen molar-refractivity contribution >= 4 is 0 Å². The molecule has 2 aromatic rings. The Morgan fingerprint density at radius 1 is 1.14 bits per heavy atom. The van der Waals surface area contributed by atoms with Gasteiger partial charge in [0.2, 0.25) is 0 Å². The maximum Gasteiger partial charge on any atom is 0.161 e. The molecule has 22 heavy (non-hydrogen) atoms. The maximum atomic E-state index is 13.9. The van der Waals surface area contributed by atoms with Crippen molar-refractivity contribution in [2.24, 2.45) is 5.73 Å². The molecule has 118 valence electrons. The SMILES string of the molecule is CCOc1ccc(CC(CN)c2ccccc2F)cc1OC. The summed E-state index contributed by atoms with van der Waals surface area (Å²) in [5, 5.41) is 0. The second-order valence-electron chi connectivity index (χ2n) is 5.08. The summed E-state index contributed by atoms with van der Waals surface area (Å²) < 4.78 is 24.8. The van der Waals surface area contributed by atoms with E-state index in [0.717, 1.165) is 5.56 Å². The quantitative estimate of drug-likeness (QED) is 0.851. The number of nitrogens with two attached hydrogens (primary N) is 1. The van der Waals surface area contributed by atoms with Gasteiger partial charge in [-0.15, -0.1) is 0 Å². The van der Waals surface area contributed by atoms with Gasteiger partial charge in [-0.05, 0) is 49.2 Å². The average molecular weight is 303 g/mol. The highest BCUT2D eigenvalue weighted by atomic mass is 19.1. The molecule has 0 fully saturated rings. The Balaban J connectivity index is 2.23. The fraction of sp³-hybridized carbons (Fsp3) is 0.333. The molecule has 2 rings (SSSR count). The average Bonchev–Trinajstić information content (AvgIpc) is 2.54. The fourth-order valence-corrected chi connectivity index (χ4v) is 2.52. The number of benzene rings is 2. The summed E-state index contributed by atoms with van der Waals surface area (Å²) >= 11 is 0. The molecule has 0 heterocycles. The zero-order chi connectivity index (χ0) is 15.9. The van der Waals surface area contributed by atoms with Crippen molar-refractivity contribution in [2.45, 2.75) is 19.3 Å². The van der Waals surface area contributed by atoms with Crippen LogP contribution in [0.5, 0.6) is 11.5 Å². The van der Waals surface area contributed by atoms with Crippen LogP contribution in [0.4, 0.5) is 4.39 Å². The van der Waals surface area contributed by atoms with E-state index in [-0.39, 0.29) is 11.7 Å². The van der Waals surface area contributed by atoms with Gasteiger partial charge < -0.3 is 15.2 Å². The van der Waals surface area contributed by atoms with E-state index in [0.29, 0.717) is 36.6 Å². The van der Waals surface area contributed by atoms with Crippen LogP contribution in [0, 0.1) is 5.82 Å². The van der Waals surface area contributed by atoms with Crippen molar-refractivity contribution in [1.29, 1.82) is 0 Å². The van der Waals surface area contributed by atoms with E-state index in [1.54, 1.807) is 19.2 Å². The van der Waals surface area contributed by atoms with E-state index in [9.17, 15) is 4.39 Å². The number of rotatable bonds is 7.